The molecule has 0 bridgehead atoms. The van der Waals surface area contributed by atoms with E-state index in [4.69, 9.17) is 10.00 Å². The van der Waals surface area contributed by atoms with Gasteiger partial charge in [0.2, 0.25) is 0 Å². The van der Waals surface area contributed by atoms with Crippen LogP contribution >= 0.6 is 0 Å². The van der Waals surface area contributed by atoms with Crippen molar-refractivity contribution in [1.29, 1.82) is 5.26 Å². The third kappa shape index (κ3) is 1.42. The molecule has 1 rings (SSSR count). The normalized spacial score (nSPS) is 15.2. The number of rotatable bonds is 0. The molecular formula is C6H4N2O. The lowest BCUT2D eigenvalue weighted by Crippen LogP contribution is -1.70. The van der Waals surface area contributed by atoms with Gasteiger partial charge in [-0.2, -0.15) is 5.26 Å². The van der Waals surface area contributed by atoms with Gasteiger partial charge in [-0.15, -0.1) is 0 Å². The zero-order valence-corrected chi connectivity index (χ0v) is 4.61. The first-order chi connectivity index (χ1) is 4.43. The van der Waals surface area contributed by atoms with Crippen LogP contribution in [0, 0.1) is 11.3 Å². The van der Waals surface area contributed by atoms with E-state index in [0.717, 1.165) is 0 Å². The molecule has 0 atom stereocenters. The highest BCUT2D eigenvalue weighted by atomic mass is 16.5. The van der Waals surface area contributed by atoms with E-state index in [-0.39, 0.29) is 5.70 Å². The number of aliphatic imine (C=N–C) groups is 1. The molecule has 44 valence electrons. The van der Waals surface area contributed by atoms with Gasteiger partial charge in [-0.05, 0) is 6.08 Å². The molecule has 1 heterocycles. The first kappa shape index (κ1) is 5.57. The van der Waals surface area contributed by atoms with E-state index >= 15 is 0 Å². The first-order valence-corrected chi connectivity index (χ1v) is 2.38. The predicted octanol–water partition coefficient (Wildman–Crippen LogP) is 0.966. The Morgan fingerprint density at radius 2 is 2.56 bits per heavy atom. The Hall–Kier alpha value is -1.56. The van der Waals surface area contributed by atoms with Crippen LogP contribution in [-0.4, -0.2) is 6.21 Å². The summed E-state index contributed by atoms with van der Waals surface area (Å²) >= 11 is 0. The minimum absolute atomic E-state index is 0.278. The average Bonchev–Trinajstić information content (AvgIpc) is 2.13. The van der Waals surface area contributed by atoms with Gasteiger partial charge in [0.05, 0.1) is 6.26 Å². The van der Waals surface area contributed by atoms with Crippen LogP contribution < -0.4 is 0 Å². The number of ether oxygens (including phenoxy) is 1. The van der Waals surface area contributed by atoms with E-state index < -0.39 is 0 Å². The molecule has 0 N–H and O–H groups in total. The summed E-state index contributed by atoms with van der Waals surface area (Å²) in [7, 11) is 0. The Kier molecular flexibility index (Phi) is 1.66. The molecule has 0 unspecified atom stereocenters. The molecule has 0 aliphatic carbocycles. The summed E-state index contributed by atoms with van der Waals surface area (Å²) in [5, 5.41) is 8.28. The fourth-order valence-corrected chi connectivity index (χ4v) is 0.393. The molecule has 3 heteroatoms. The van der Waals surface area contributed by atoms with Crippen molar-refractivity contribution >= 4 is 6.21 Å². The molecule has 0 aromatic carbocycles. The van der Waals surface area contributed by atoms with Gasteiger partial charge in [0.1, 0.15) is 12.3 Å². The number of allylic oxidation sites excluding steroid dienone is 2. The van der Waals surface area contributed by atoms with Crippen LogP contribution in [0.3, 0.4) is 0 Å². The van der Waals surface area contributed by atoms with Crippen LogP contribution in [0.15, 0.2) is 29.3 Å². The first-order valence-electron chi connectivity index (χ1n) is 2.38. The van der Waals surface area contributed by atoms with Gasteiger partial charge in [0.25, 0.3) is 0 Å². The van der Waals surface area contributed by atoms with Crippen molar-refractivity contribution in [1.82, 2.24) is 0 Å². The van der Waals surface area contributed by atoms with Crippen LogP contribution in [0.2, 0.25) is 0 Å². The maximum Gasteiger partial charge on any atom is 0.175 e. The van der Waals surface area contributed by atoms with Crippen molar-refractivity contribution < 1.29 is 4.74 Å². The maximum atomic E-state index is 8.28. The van der Waals surface area contributed by atoms with Crippen molar-refractivity contribution in [3.05, 3.63) is 24.3 Å². The quantitative estimate of drug-likeness (QED) is 0.478. The Labute approximate surface area is 52.6 Å². The van der Waals surface area contributed by atoms with Crippen molar-refractivity contribution in [2.75, 3.05) is 0 Å². The fraction of sp³-hybridized carbons (Fsp3) is 0. The predicted molar refractivity (Wildman–Crippen MR) is 32.4 cm³/mol. The number of nitriles is 1. The molecular weight excluding hydrogens is 116 g/mol. The standard InChI is InChI=1S/C6H4N2O/c7-4-6-5-9-3-1-2-8-6/h1-3,5H. The summed E-state index contributed by atoms with van der Waals surface area (Å²) in [5.41, 5.74) is 0.278. The van der Waals surface area contributed by atoms with Crippen LogP contribution in [0.5, 0.6) is 0 Å². The van der Waals surface area contributed by atoms with Gasteiger partial charge >= 0.3 is 0 Å². The Balaban J connectivity index is 2.78. The van der Waals surface area contributed by atoms with Crippen LogP contribution in [0.4, 0.5) is 0 Å². The van der Waals surface area contributed by atoms with E-state index in [9.17, 15) is 0 Å². The fourth-order valence-electron chi connectivity index (χ4n) is 0.393. The summed E-state index contributed by atoms with van der Waals surface area (Å²) in [4.78, 5) is 3.70. The van der Waals surface area contributed by atoms with Crippen LogP contribution in [0.25, 0.3) is 0 Å². The highest BCUT2D eigenvalue weighted by molar-refractivity contribution is 5.72. The lowest BCUT2D eigenvalue weighted by atomic mass is 10.5. The third-order valence-electron chi connectivity index (χ3n) is 0.751. The highest BCUT2D eigenvalue weighted by Gasteiger charge is 1.89. The monoisotopic (exact) mass is 120 g/mol. The van der Waals surface area contributed by atoms with Gasteiger partial charge in [-0.25, -0.2) is 4.99 Å². The molecule has 0 saturated heterocycles. The highest BCUT2D eigenvalue weighted by Crippen LogP contribution is 1.97. The molecule has 1 aliphatic heterocycles. The lowest BCUT2D eigenvalue weighted by Gasteiger charge is -1.83. The van der Waals surface area contributed by atoms with E-state index in [1.807, 2.05) is 6.07 Å². The van der Waals surface area contributed by atoms with Gasteiger partial charge < -0.3 is 4.74 Å². The smallest absolute Gasteiger partial charge is 0.175 e. The minimum Gasteiger partial charge on any atom is -0.470 e. The average molecular weight is 120 g/mol. The molecule has 0 aromatic heterocycles. The largest absolute Gasteiger partial charge is 0.470 e. The van der Waals surface area contributed by atoms with Crippen molar-refractivity contribution in [2.24, 2.45) is 4.99 Å². The lowest BCUT2D eigenvalue weighted by molar-refractivity contribution is 0.401. The van der Waals surface area contributed by atoms with Gasteiger partial charge in [0, 0.05) is 6.21 Å². The van der Waals surface area contributed by atoms with Gasteiger partial charge in [0.15, 0.2) is 5.70 Å². The molecule has 1 aliphatic rings. The topological polar surface area (TPSA) is 45.4 Å². The molecule has 0 amide bonds. The van der Waals surface area contributed by atoms with Crippen molar-refractivity contribution in [2.45, 2.75) is 0 Å². The second-order valence-electron chi connectivity index (χ2n) is 1.36. The molecule has 0 radical (unpaired) electrons. The van der Waals surface area contributed by atoms with E-state index in [1.54, 1.807) is 6.08 Å². The third-order valence-corrected chi connectivity index (χ3v) is 0.751. The minimum atomic E-state index is 0.278. The maximum absolute atomic E-state index is 8.28. The second-order valence-corrected chi connectivity index (χ2v) is 1.36. The summed E-state index contributed by atoms with van der Waals surface area (Å²) in [6.45, 7) is 0. The van der Waals surface area contributed by atoms with E-state index in [1.165, 1.54) is 18.7 Å². The van der Waals surface area contributed by atoms with E-state index in [2.05, 4.69) is 4.99 Å². The number of hydrogen-bond donors (Lipinski definition) is 0. The van der Waals surface area contributed by atoms with Gasteiger partial charge in [-0.3, -0.25) is 0 Å². The van der Waals surface area contributed by atoms with Crippen molar-refractivity contribution in [3.8, 4) is 6.07 Å². The van der Waals surface area contributed by atoms with E-state index in [0.29, 0.717) is 0 Å². The zero-order chi connectivity index (χ0) is 6.53. The SMILES string of the molecule is N#CC1=COC=CC=N1. The van der Waals surface area contributed by atoms with Crippen LogP contribution in [-0.2, 0) is 4.74 Å². The number of nitrogens with zero attached hydrogens (tertiary/aromatic N) is 2. The van der Waals surface area contributed by atoms with Gasteiger partial charge in [-0.1, -0.05) is 0 Å². The summed E-state index contributed by atoms with van der Waals surface area (Å²) in [5.74, 6) is 0. The summed E-state index contributed by atoms with van der Waals surface area (Å²) < 4.78 is 4.71. The van der Waals surface area contributed by atoms with Crippen molar-refractivity contribution in [3.63, 3.8) is 0 Å². The summed E-state index contributed by atoms with van der Waals surface area (Å²) in [6, 6.07) is 1.84. The summed E-state index contributed by atoms with van der Waals surface area (Å²) in [6.07, 6.45) is 5.86. The molecule has 0 spiro atoms. The zero-order valence-electron chi connectivity index (χ0n) is 4.61. The molecule has 3 nitrogen and oxygen atoms in total. The molecule has 0 aromatic rings. The molecule has 9 heavy (non-hydrogen) atoms. The Morgan fingerprint density at radius 3 is 3.33 bits per heavy atom. The Morgan fingerprint density at radius 1 is 1.67 bits per heavy atom. The molecule has 0 saturated carbocycles. The van der Waals surface area contributed by atoms with Crippen LogP contribution in [0.1, 0.15) is 0 Å². The number of hydrogen-bond acceptors (Lipinski definition) is 3. The molecule has 0 fully saturated rings. The second kappa shape index (κ2) is 2.68. The Bertz CT molecular complexity index is 220.